The van der Waals surface area contributed by atoms with Crippen molar-refractivity contribution in [1.82, 2.24) is 4.90 Å². The Morgan fingerprint density at radius 3 is 2.30 bits per heavy atom. The molecule has 0 bridgehead atoms. The fraction of sp³-hybridized carbons (Fsp3) is 0.562. The Labute approximate surface area is 138 Å². The summed E-state index contributed by atoms with van der Waals surface area (Å²) in [5, 5.41) is 0. The van der Waals surface area contributed by atoms with Crippen LogP contribution in [0.5, 0.6) is 0 Å². The van der Waals surface area contributed by atoms with Crippen LogP contribution < -0.4 is 4.31 Å². The van der Waals surface area contributed by atoms with Crippen molar-refractivity contribution in [2.45, 2.75) is 26.3 Å². The molecule has 23 heavy (non-hydrogen) atoms. The molecule has 1 aliphatic heterocycles. The first-order valence-electron chi connectivity index (χ1n) is 7.77. The number of hydrogen-bond donors (Lipinski definition) is 0. The second-order valence-electron chi connectivity index (χ2n) is 5.76. The zero-order valence-corrected chi connectivity index (χ0v) is 14.7. The van der Waals surface area contributed by atoms with E-state index in [9.17, 15) is 13.2 Å². The zero-order valence-electron chi connectivity index (χ0n) is 13.9. The number of morpholine rings is 1. The van der Waals surface area contributed by atoms with E-state index in [1.54, 1.807) is 17.0 Å². The lowest BCUT2D eigenvalue weighted by atomic mass is 10.1. The summed E-state index contributed by atoms with van der Waals surface area (Å²) in [5.41, 5.74) is 1.56. The van der Waals surface area contributed by atoms with Gasteiger partial charge in [-0.25, -0.2) is 8.42 Å². The van der Waals surface area contributed by atoms with E-state index in [0.717, 1.165) is 11.8 Å². The number of benzene rings is 1. The van der Waals surface area contributed by atoms with Gasteiger partial charge in [0.2, 0.25) is 15.9 Å². The Kier molecular flexibility index (Phi) is 5.64. The molecule has 0 N–H and O–H groups in total. The molecule has 1 atom stereocenters. The number of hydrogen-bond acceptors (Lipinski definition) is 4. The number of carbonyl (C=O) groups excluding carboxylic acids is 1. The summed E-state index contributed by atoms with van der Waals surface area (Å²) in [7, 11) is -3.57. The molecule has 0 aromatic heterocycles. The molecule has 1 heterocycles. The highest BCUT2D eigenvalue weighted by atomic mass is 32.2. The molecule has 0 spiro atoms. The van der Waals surface area contributed by atoms with E-state index in [-0.39, 0.29) is 5.91 Å². The number of amides is 1. The molecule has 1 fully saturated rings. The smallest absolute Gasteiger partial charge is 0.246 e. The first-order valence-corrected chi connectivity index (χ1v) is 9.62. The van der Waals surface area contributed by atoms with Gasteiger partial charge in [0.15, 0.2) is 0 Å². The maximum absolute atomic E-state index is 12.8. The summed E-state index contributed by atoms with van der Waals surface area (Å²) in [6, 6.07) is 6.45. The van der Waals surface area contributed by atoms with Crippen LogP contribution in [0.25, 0.3) is 0 Å². The van der Waals surface area contributed by atoms with Crippen LogP contribution in [0.3, 0.4) is 0 Å². The SMILES string of the molecule is CC[C@H](C(=O)N1CCOCC1)N(c1ccc(C)cc1)S(C)(=O)=O. The molecule has 7 heteroatoms. The minimum Gasteiger partial charge on any atom is -0.378 e. The summed E-state index contributed by atoms with van der Waals surface area (Å²) in [4.78, 5) is 14.5. The van der Waals surface area contributed by atoms with E-state index < -0.39 is 16.1 Å². The molecule has 6 nitrogen and oxygen atoms in total. The van der Waals surface area contributed by atoms with Crippen LogP contribution >= 0.6 is 0 Å². The lowest BCUT2D eigenvalue weighted by Crippen LogP contribution is -2.53. The van der Waals surface area contributed by atoms with Gasteiger partial charge < -0.3 is 9.64 Å². The monoisotopic (exact) mass is 340 g/mol. The van der Waals surface area contributed by atoms with E-state index in [1.165, 1.54) is 4.31 Å². The van der Waals surface area contributed by atoms with Crippen LogP contribution in [0.1, 0.15) is 18.9 Å². The van der Waals surface area contributed by atoms with E-state index in [0.29, 0.717) is 38.4 Å². The van der Waals surface area contributed by atoms with E-state index >= 15 is 0 Å². The highest BCUT2D eigenvalue weighted by Gasteiger charge is 2.34. The number of rotatable bonds is 5. The van der Waals surface area contributed by atoms with Crippen LogP contribution in [-0.2, 0) is 19.6 Å². The fourth-order valence-corrected chi connectivity index (χ4v) is 3.94. The van der Waals surface area contributed by atoms with Gasteiger partial charge >= 0.3 is 0 Å². The molecular formula is C16H24N2O4S. The van der Waals surface area contributed by atoms with Gasteiger partial charge in [-0.2, -0.15) is 0 Å². The Balaban J connectivity index is 2.35. The van der Waals surface area contributed by atoms with Gasteiger partial charge in [0.05, 0.1) is 25.2 Å². The third kappa shape index (κ3) is 4.23. The molecule has 128 valence electrons. The van der Waals surface area contributed by atoms with Gasteiger partial charge in [-0.1, -0.05) is 24.6 Å². The highest BCUT2D eigenvalue weighted by molar-refractivity contribution is 7.92. The van der Waals surface area contributed by atoms with Crippen molar-refractivity contribution in [2.75, 3.05) is 36.9 Å². The number of anilines is 1. The van der Waals surface area contributed by atoms with Crippen molar-refractivity contribution >= 4 is 21.6 Å². The second-order valence-corrected chi connectivity index (χ2v) is 7.62. The maximum atomic E-state index is 12.8. The van der Waals surface area contributed by atoms with Crippen molar-refractivity contribution in [3.05, 3.63) is 29.8 Å². The standard InChI is InChI=1S/C16H24N2O4S/c1-4-15(16(19)17-9-11-22-12-10-17)18(23(3,20)21)14-7-5-13(2)6-8-14/h5-8,15H,4,9-12H2,1-3H3/t15-/m1/s1. The lowest BCUT2D eigenvalue weighted by Gasteiger charge is -2.35. The zero-order chi connectivity index (χ0) is 17.0. The quantitative estimate of drug-likeness (QED) is 0.813. The summed E-state index contributed by atoms with van der Waals surface area (Å²) in [5.74, 6) is -0.165. The average Bonchev–Trinajstić information content (AvgIpc) is 2.53. The van der Waals surface area contributed by atoms with Crippen molar-refractivity contribution in [1.29, 1.82) is 0 Å². The maximum Gasteiger partial charge on any atom is 0.246 e. The van der Waals surface area contributed by atoms with Crippen LogP contribution in [0.2, 0.25) is 0 Å². The average molecular weight is 340 g/mol. The van der Waals surface area contributed by atoms with E-state index in [4.69, 9.17) is 4.74 Å². The minimum atomic E-state index is -3.57. The van der Waals surface area contributed by atoms with Crippen molar-refractivity contribution < 1.29 is 17.9 Å². The van der Waals surface area contributed by atoms with Crippen LogP contribution in [0.4, 0.5) is 5.69 Å². The molecular weight excluding hydrogens is 316 g/mol. The van der Waals surface area contributed by atoms with Crippen LogP contribution in [0, 0.1) is 6.92 Å². The predicted octanol–water partition coefficient (Wildman–Crippen LogP) is 1.40. The van der Waals surface area contributed by atoms with Gasteiger partial charge in [0, 0.05) is 13.1 Å². The molecule has 1 amide bonds. The summed E-state index contributed by atoms with van der Waals surface area (Å²) in [6.45, 7) is 5.75. The molecule has 0 radical (unpaired) electrons. The summed E-state index contributed by atoms with van der Waals surface area (Å²) < 4.78 is 31.2. The molecule has 0 saturated carbocycles. The first kappa shape index (κ1) is 17.7. The third-order valence-corrected chi connectivity index (χ3v) is 5.10. The Morgan fingerprint density at radius 2 is 1.83 bits per heavy atom. The molecule has 1 aliphatic rings. The first-order chi connectivity index (χ1) is 10.8. The van der Waals surface area contributed by atoms with Crippen molar-refractivity contribution in [3.63, 3.8) is 0 Å². The lowest BCUT2D eigenvalue weighted by molar-refractivity contribution is -0.136. The number of ether oxygens (including phenoxy) is 1. The van der Waals surface area contributed by atoms with Crippen LogP contribution in [-0.4, -0.2) is 57.8 Å². The van der Waals surface area contributed by atoms with E-state index in [1.807, 2.05) is 26.0 Å². The van der Waals surface area contributed by atoms with Crippen molar-refractivity contribution in [3.8, 4) is 0 Å². The van der Waals surface area contributed by atoms with Gasteiger partial charge in [-0.05, 0) is 25.5 Å². The molecule has 0 unspecified atom stereocenters. The number of carbonyl (C=O) groups is 1. The minimum absolute atomic E-state index is 0.165. The van der Waals surface area contributed by atoms with Gasteiger partial charge in [0.1, 0.15) is 6.04 Å². The van der Waals surface area contributed by atoms with Crippen molar-refractivity contribution in [2.24, 2.45) is 0 Å². The third-order valence-electron chi connectivity index (χ3n) is 3.92. The molecule has 2 rings (SSSR count). The summed E-state index contributed by atoms with van der Waals surface area (Å²) in [6.07, 6.45) is 1.55. The fourth-order valence-electron chi connectivity index (χ4n) is 2.73. The molecule has 1 saturated heterocycles. The van der Waals surface area contributed by atoms with Gasteiger partial charge in [0.25, 0.3) is 0 Å². The second kappa shape index (κ2) is 7.31. The number of sulfonamides is 1. The van der Waals surface area contributed by atoms with Gasteiger partial charge in [-0.3, -0.25) is 9.10 Å². The number of aryl methyl sites for hydroxylation is 1. The molecule has 1 aromatic carbocycles. The topological polar surface area (TPSA) is 66.9 Å². The van der Waals surface area contributed by atoms with Crippen LogP contribution in [0.15, 0.2) is 24.3 Å². The normalized spacial score (nSPS) is 16.9. The highest BCUT2D eigenvalue weighted by Crippen LogP contribution is 2.24. The Morgan fingerprint density at radius 1 is 1.26 bits per heavy atom. The predicted molar refractivity (Wildman–Crippen MR) is 90.0 cm³/mol. The number of nitrogens with zero attached hydrogens (tertiary/aromatic N) is 2. The van der Waals surface area contributed by atoms with E-state index in [2.05, 4.69) is 0 Å². The van der Waals surface area contributed by atoms with Gasteiger partial charge in [-0.15, -0.1) is 0 Å². The molecule has 1 aromatic rings. The Bertz CT molecular complexity index is 637. The Hall–Kier alpha value is -1.60. The largest absolute Gasteiger partial charge is 0.378 e. The molecule has 0 aliphatic carbocycles. The summed E-state index contributed by atoms with van der Waals surface area (Å²) >= 11 is 0.